The van der Waals surface area contributed by atoms with Gasteiger partial charge in [-0.05, 0) is 63.9 Å². The average Bonchev–Trinajstić information content (AvgIpc) is 3.53. The summed E-state index contributed by atoms with van der Waals surface area (Å²) in [5, 5.41) is 2.31. The lowest BCUT2D eigenvalue weighted by atomic mass is 9.95. The van der Waals surface area contributed by atoms with Crippen LogP contribution in [-0.4, -0.2) is 0 Å². The van der Waals surface area contributed by atoms with E-state index in [4.69, 9.17) is 4.42 Å². The second kappa shape index (κ2) is 8.80. The van der Waals surface area contributed by atoms with Gasteiger partial charge in [0, 0.05) is 16.3 Å². The van der Waals surface area contributed by atoms with Crippen LogP contribution in [0.15, 0.2) is 126 Å². The van der Waals surface area contributed by atoms with Gasteiger partial charge in [0.15, 0.2) is 0 Å². The van der Waals surface area contributed by atoms with Crippen LogP contribution in [-0.2, 0) is 6.42 Å². The Morgan fingerprint density at radius 3 is 2.30 bits per heavy atom. The molecule has 0 unspecified atom stereocenters. The van der Waals surface area contributed by atoms with E-state index in [1.165, 1.54) is 38.9 Å². The molecule has 37 heavy (non-hydrogen) atoms. The van der Waals surface area contributed by atoms with Crippen LogP contribution in [0.25, 0.3) is 55.8 Å². The molecule has 0 spiro atoms. The van der Waals surface area contributed by atoms with Gasteiger partial charge in [-0.15, -0.1) is 0 Å². The van der Waals surface area contributed by atoms with Gasteiger partial charge in [-0.25, -0.2) is 0 Å². The second-order valence-electron chi connectivity index (χ2n) is 9.65. The molecular weight excluding hydrogens is 448 g/mol. The van der Waals surface area contributed by atoms with Crippen molar-refractivity contribution in [1.29, 1.82) is 0 Å². The Hall–Kier alpha value is -4.62. The molecule has 0 N–H and O–H groups in total. The van der Waals surface area contributed by atoms with Crippen LogP contribution in [0.4, 0.5) is 0 Å². The van der Waals surface area contributed by atoms with E-state index in [9.17, 15) is 0 Å². The highest BCUT2D eigenvalue weighted by molar-refractivity contribution is 6.08. The minimum atomic E-state index is 0.926. The highest BCUT2D eigenvalue weighted by atomic mass is 16.3. The summed E-state index contributed by atoms with van der Waals surface area (Å²) in [6.45, 7) is 2.08. The quantitative estimate of drug-likeness (QED) is 0.231. The molecule has 0 atom stereocenters. The Bertz CT molecular complexity index is 1840. The summed E-state index contributed by atoms with van der Waals surface area (Å²) in [6.07, 6.45) is 7.53. The molecule has 0 amide bonds. The molecule has 0 aliphatic heterocycles. The molecule has 6 aromatic rings. The zero-order chi connectivity index (χ0) is 24.8. The molecule has 0 saturated carbocycles. The predicted octanol–water partition coefficient (Wildman–Crippen LogP) is 9.94. The van der Waals surface area contributed by atoms with Crippen LogP contribution >= 0.6 is 0 Å². The number of hydrogen-bond acceptors (Lipinski definition) is 1. The third-order valence-electron chi connectivity index (χ3n) is 7.55. The van der Waals surface area contributed by atoms with Gasteiger partial charge in [0.2, 0.25) is 0 Å². The van der Waals surface area contributed by atoms with E-state index in [0.29, 0.717) is 0 Å². The first-order valence-corrected chi connectivity index (χ1v) is 12.9. The van der Waals surface area contributed by atoms with Crippen LogP contribution in [0.5, 0.6) is 0 Å². The van der Waals surface area contributed by atoms with E-state index in [0.717, 1.165) is 39.5 Å². The van der Waals surface area contributed by atoms with Gasteiger partial charge >= 0.3 is 0 Å². The van der Waals surface area contributed by atoms with Crippen molar-refractivity contribution in [3.8, 4) is 22.3 Å². The van der Waals surface area contributed by atoms with Crippen molar-refractivity contribution in [2.75, 3.05) is 0 Å². The lowest BCUT2D eigenvalue weighted by Gasteiger charge is -2.09. The smallest absolute Gasteiger partial charge is 0.143 e. The fourth-order valence-electron chi connectivity index (χ4n) is 5.70. The SMILES string of the molecule is C/C=C(\C=C/c1ccc(-c2cccc3c2Cc2ccccc2-3)cc1)c1cccc2c1oc1ccccc12. The summed E-state index contributed by atoms with van der Waals surface area (Å²) in [5.41, 5.74) is 13.5. The van der Waals surface area contributed by atoms with Crippen LogP contribution < -0.4 is 0 Å². The van der Waals surface area contributed by atoms with E-state index >= 15 is 0 Å². The lowest BCUT2D eigenvalue weighted by molar-refractivity contribution is 0.668. The molecule has 7 rings (SSSR count). The highest BCUT2D eigenvalue weighted by Crippen LogP contribution is 2.41. The van der Waals surface area contributed by atoms with Gasteiger partial charge in [0.1, 0.15) is 11.2 Å². The minimum Gasteiger partial charge on any atom is -0.455 e. The maximum atomic E-state index is 6.27. The normalized spacial score (nSPS) is 12.9. The summed E-state index contributed by atoms with van der Waals surface area (Å²) in [5.74, 6) is 0. The molecule has 0 fully saturated rings. The van der Waals surface area contributed by atoms with E-state index in [-0.39, 0.29) is 0 Å². The molecule has 1 nitrogen and oxygen atoms in total. The fourth-order valence-corrected chi connectivity index (χ4v) is 5.70. The van der Waals surface area contributed by atoms with Gasteiger partial charge < -0.3 is 4.42 Å². The number of fused-ring (bicyclic) bond motifs is 6. The van der Waals surface area contributed by atoms with Crippen LogP contribution in [0.3, 0.4) is 0 Å². The summed E-state index contributed by atoms with van der Waals surface area (Å²) in [4.78, 5) is 0. The molecule has 0 radical (unpaired) electrons. The van der Waals surface area contributed by atoms with E-state index < -0.39 is 0 Å². The van der Waals surface area contributed by atoms with E-state index in [1.54, 1.807) is 0 Å². The number of rotatable bonds is 4. The lowest BCUT2D eigenvalue weighted by Crippen LogP contribution is -1.88. The average molecular weight is 475 g/mol. The molecule has 0 bridgehead atoms. The van der Waals surface area contributed by atoms with Crippen LogP contribution in [0.1, 0.15) is 29.2 Å². The number of benzene rings is 5. The summed E-state index contributed by atoms with van der Waals surface area (Å²) < 4.78 is 6.27. The van der Waals surface area contributed by atoms with Crippen LogP contribution in [0, 0.1) is 0 Å². The van der Waals surface area contributed by atoms with Gasteiger partial charge in [-0.2, -0.15) is 0 Å². The third kappa shape index (κ3) is 3.63. The van der Waals surface area contributed by atoms with Gasteiger partial charge in [0.25, 0.3) is 0 Å². The Balaban J connectivity index is 1.19. The molecular formula is C36H26O. The van der Waals surface area contributed by atoms with Crippen molar-refractivity contribution >= 4 is 33.6 Å². The maximum absolute atomic E-state index is 6.27. The number of para-hydroxylation sites is 2. The summed E-state index contributed by atoms with van der Waals surface area (Å²) in [7, 11) is 0. The number of furan rings is 1. The first-order valence-electron chi connectivity index (χ1n) is 12.9. The van der Waals surface area contributed by atoms with E-state index in [2.05, 4.69) is 122 Å². The topological polar surface area (TPSA) is 13.1 Å². The zero-order valence-electron chi connectivity index (χ0n) is 20.7. The third-order valence-corrected chi connectivity index (χ3v) is 7.55. The molecule has 1 aromatic heterocycles. The minimum absolute atomic E-state index is 0.926. The zero-order valence-corrected chi connectivity index (χ0v) is 20.7. The molecule has 0 saturated heterocycles. The first kappa shape index (κ1) is 21.6. The van der Waals surface area contributed by atoms with Crippen molar-refractivity contribution in [3.05, 3.63) is 144 Å². The van der Waals surface area contributed by atoms with Crippen molar-refractivity contribution in [2.24, 2.45) is 0 Å². The highest BCUT2D eigenvalue weighted by Gasteiger charge is 2.20. The van der Waals surface area contributed by atoms with Crippen molar-refractivity contribution in [2.45, 2.75) is 13.3 Å². The Morgan fingerprint density at radius 2 is 1.41 bits per heavy atom. The monoisotopic (exact) mass is 474 g/mol. The molecule has 1 heteroatoms. The number of hydrogen-bond donors (Lipinski definition) is 0. The summed E-state index contributed by atoms with van der Waals surface area (Å²) >= 11 is 0. The molecule has 176 valence electrons. The largest absolute Gasteiger partial charge is 0.455 e. The van der Waals surface area contributed by atoms with Crippen molar-refractivity contribution in [3.63, 3.8) is 0 Å². The van der Waals surface area contributed by atoms with E-state index in [1.807, 2.05) is 12.1 Å². The number of allylic oxidation sites excluding steroid dienone is 3. The van der Waals surface area contributed by atoms with Gasteiger partial charge in [0.05, 0.1) is 0 Å². The maximum Gasteiger partial charge on any atom is 0.143 e. The van der Waals surface area contributed by atoms with Crippen molar-refractivity contribution in [1.82, 2.24) is 0 Å². The van der Waals surface area contributed by atoms with Crippen LogP contribution in [0.2, 0.25) is 0 Å². The summed E-state index contributed by atoms with van der Waals surface area (Å²) in [6, 6.07) is 39.0. The fraction of sp³-hybridized carbons (Fsp3) is 0.0556. The van der Waals surface area contributed by atoms with Crippen molar-refractivity contribution < 1.29 is 4.42 Å². The predicted molar refractivity (Wildman–Crippen MR) is 157 cm³/mol. The standard InChI is InChI=1S/C36H26O/c1-2-25(30-13-8-15-33-32-11-5-6-16-35(32)37-36(30)33)20-17-24-18-21-26(22-19-24)28-12-7-14-31-29-10-4-3-9-27(29)23-34(28)31/h2-22H,23H2,1H3/b20-17-,25-2+. The molecule has 1 aliphatic carbocycles. The molecule has 5 aromatic carbocycles. The second-order valence-corrected chi connectivity index (χ2v) is 9.65. The molecule has 1 aliphatic rings. The Kier molecular flexibility index (Phi) is 5.15. The molecule has 1 heterocycles. The van der Waals surface area contributed by atoms with Gasteiger partial charge in [-0.1, -0.05) is 121 Å². The Labute approximate surface area is 217 Å². The Morgan fingerprint density at radius 1 is 0.676 bits per heavy atom. The van der Waals surface area contributed by atoms with Gasteiger partial charge in [-0.3, -0.25) is 0 Å². The first-order chi connectivity index (χ1) is 18.3.